The molecule has 0 aromatic heterocycles. The Morgan fingerprint density at radius 2 is 1.93 bits per heavy atom. The molecule has 0 amide bonds. The predicted molar refractivity (Wildman–Crippen MR) is 63.4 cm³/mol. The molecule has 0 unspecified atom stereocenters. The van der Waals surface area contributed by atoms with Crippen molar-refractivity contribution in [3.8, 4) is 0 Å². The Morgan fingerprint density at radius 1 is 1.29 bits per heavy atom. The molecule has 76 valence electrons. The molecule has 0 heterocycles. The van der Waals surface area contributed by atoms with E-state index in [0.29, 0.717) is 11.8 Å². The molecule has 3 nitrogen and oxygen atoms in total. The summed E-state index contributed by atoms with van der Waals surface area (Å²) in [5, 5.41) is 12.0. The molecule has 1 aliphatic rings. The van der Waals surface area contributed by atoms with E-state index in [1.807, 2.05) is 6.08 Å². The molecule has 0 bridgehead atoms. The summed E-state index contributed by atoms with van der Waals surface area (Å²) in [5.74, 6) is 0. The second kappa shape index (κ2) is 5.46. The molecule has 0 atom stereocenters. The van der Waals surface area contributed by atoms with Crippen molar-refractivity contribution in [3.05, 3.63) is 45.2 Å². The third-order valence-corrected chi connectivity index (χ3v) is 3.13. The van der Waals surface area contributed by atoms with Crippen molar-refractivity contribution in [2.75, 3.05) is 10.7 Å². The van der Waals surface area contributed by atoms with Gasteiger partial charge in [0.2, 0.25) is 0 Å². The van der Waals surface area contributed by atoms with Crippen LogP contribution in [-0.4, -0.2) is 15.6 Å². The SMILES string of the molecule is O=[N+]([O-])C1=CCC=C(CBr)C(CBr)=C1. The van der Waals surface area contributed by atoms with E-state index in [0.717, 1.165) is 16.5 Å². The van der Waals surface area contributed by atoms with E-state index < -0.39 is 0 Å². The highest BCUT2D eigenvalue weighted by Crippen LogP contribution is 2.21. The first-order valence-corrected chi connectivity index (χ1v) is 6.29. The monoisotopic (exact) mass is 321 g/mol. The lowest BCUT2D eigenvalue weighted by Crippen LogP contribution is -1.98. The van der Waals surface area contributed by atoms with Crippen LogP contribution in [0.3, 0.4) is 0 Å². The zero-order valence-corrected chi connectivity index (χ0v) is 10.5. The lowest BCUT2D eigenvalue weighted by Gasteiger charge is -2.03. The zero-order valence-electron chi connectivity index (χ0n) is 7.37. The van der Waals surface area contributed by atoms with Crippen molar-refractivity contribution < 1.29 is 4.92 Å². The van der Waals surface area contributed by atoms with Crippen LogP contribution in [0, 0.1) is 10.1 Å². The Morgan fingerprint density at radius 3 is 2.43 bits per heavy atom. The smallest absolute Gasteiger partial charge is 0.258 e. The van der Waals surface area contributed by atoms with Crippen LogP contribution < -0.4 is 0 Å². The quantitative estimate of drug-likeness (QED) is 0.455. The van der Waals surface area contributed by atoms with Gasteiger partial charge in [-0.05, 0) is 23.6 Å². The summed E-state index contributed by atoms with van der Waals surface area (Å²) in [7, 11) is 0. The number of halogens is 2. The molecule has 0 aromatic carbocycles. The molecule has 0 radical (unpaired) electrons. The Balaban J connectivity index is 3.01. The summed E-state index contributed by atoms with van der Waals surface area (Å²) in [5.41, 5.74) is 2.24. The Hall–Kier alpha value is -0.420. The molecule has 0 fully saturated rings. The molecular weight excluding hydrogens is 314 g/mol. The number of rotatable bonds is 3. The first-order chi connectivity index (χ1) is 6.69. The van der Waals surface area contributed by atoms with Crippen molar-refractivity contribution in [2.24, 2.45) is 0 Å². The molecule has 5 heteroatoms. The highest BCUT2D eigenvalue weighted by atomic mass is 79.9. The number of nitrogens with zero attached hydrogens (tertiary/aromatic N) is 1. The van der Waals surface area contributed by atoms with Gasteiger partial charge in [0.25, 0.3) is 5.70 Å². The van der Waals surface area contributed by atoms with E-state index >= 15 is 0 Å². The van der Waals surface area contributed by atoms with Crippen LogP contribution in [0.5, 0.6) is 0 Å². The van der Waals surface area contributed by atoms with Gasteiger partial charge >= 0.3 is 0 Å². The van der Waals surface area contributed by atoms with E-state index in [4.69, 9.17) is 0 Å². The van der Waals surface area contributed by atoms with Crippen molar-refractivity contribution in [3.63, 3.8) is 0 Å². The van der Waals surface area contributed by atoms with Crippen molar-refractivity contribution in [1.82, 2.24) is 0 Å². The predicted octanol–water partition coefficient (Wildman–Crippen LogP) is 3.19. The minimum Gasteiger partial charge on any atom is -0.258 e. The van der Waals surface area contributed by atoms with Gasteiger partial charge in [-0.3, -0.25) is 10.1 Å². The standard InChI is InChI=1S/C9H9Br2NO2/c10-5-7-2-1-3-9(12(13)14)4-8(7)6-11/h2-4H,1,5-6H2. The van der Waals surface area contributed by atoms with Gasteiger partial charge in [-0.15, -0.1) is 0 Å². The molecule has 0 spiro atoms. The minimum atomic E-state index is -0.354. The van der Waals surface area contributed by atoms with E-state index in [1.54, 1.807) is 12.2 Å². The summed E-state index contributed by atoms with van der Waals surface area (Å²) in [6.45, 7) is 0. The maximum atomic E-state index is 10.6. The summed E-state index contributed by atoms with van der Waals surface area (Å²) >= 11 is 6.68. The van der Waals surface area contributed by atoms with Crippen LogP contribution in [-0.2, 0) is 0 Å². The number of allylic oxidation sites excluding steroid dienone is 5. The van der Waals surface area contributed by atoms with Crippen LogP contribution in [0.15, 0.2) is 35.1 Å². The minimum absolute atomic E-state index is 0.173. The highest BCUT2D eigenvalue weighted by Gasteiger charge is 2.13. The lowest BCUT2D eigenvalue weighted by atomic mass is 10.1. The molecule has 0 N–H and O–H groups in total. The average molecular weight is 323 g/mol. The lowest BCUT2D eigenvalue weighted by molar-refractivity contribution is -0.419. The Bertz CT molecular complexity index is 332. The van der Waals surface area contributed by atoms with Gasteiger partial charge < -0.3 is 0 Å². The second-order valence-corrected chi connectivity index (χ2v) is 3.91. The average Bonchev–Trinajstić information content (AvgIpc) is 2.38. The first-order valence-electron chi connectivity index (χ1n) is 4.05. The van der Waals surface area contributed by atoms with E-state index in [-0.39, 0.29) is 10.6 Å². The summed E-state index contributed by atoms with van der Waals surface area (Å²) in [4.78, 5) is 10.3. The normalized spacial score (nSPS) is 16.6. The van der Waals surface area contributed by atoms with Gasteiger partial charge in [-0.1, -0.05) is 37.9 Å². The van der Waals surface area contributed by atoms with Gasteiger partial charge in [-0.2, -0.15) is 0 Å². The molecule has 1 aliphatic carbocycles. The molecule has 14 heavy (non-hydrogen) atoms. The molecule has 0 saturated carbocycles. The van der Waals surface area contributed by atoms with Crippen molar-refractivity contribution in [2.45, 2.75) is 6.42 Å². The number of alkyl halides is 2. The van der Waals surface area contributed by atoms with Crippen LogP contribution in [0.25, 0.3) is 0 Å². The maximum absolute atomic E-state index is 10.6. The fourth-order valence-electron chi connectivity index (χ4n) is 1.18. The summed E-state index contributed by atoms with van der Waals surface area (Å²) in [6, 6.07) is 0. The fraction of sp³-hybridized carbons (Fsp3) is 0.333. The van der Waals surface area contributed by atoms with Crippen molar-refractivity contribution in [1.29, 1.82) is 0 Å². The summed E-state index contributed by atoms with van der Waals surface area (Å²) < 4.78 is 0. The Kier molecular flexibility index (Phi) is 4.54. The van der Waals surface area contributed by atoms with Crippen LogP contribution in [0.2, 0.25) is 0 Å². The number of hydrogen-bond acceptors (Lipinski definition) is 2. The Labute approximate surface area is 99.0 Å². The topological polar surface area (TPSA) is 43.1 Å². The first kappa shape index (κ1) is 11.7. The van der Waals surface area contributed by atoms with E-state index in [2.05, 4.69) is 31.9 Å². The second-order valence-electron chi connectivity index (χ2n) is 2.79. The number of hydrogen-bond donors (Lipinski definition) is 0. The van der Waals surface area contributed by atoms with E-state index in [9.17, 15) is 10.1 Å². The highest BCUT2D eigenvalue weighted by molar-refractivity contribution is 9.09. The van der Waals surface area contributed by atoms with Gasteiger partial charge in [0, 0.05) is 16.7 Å². The molecule has 0 aromatic rings. The third-order valence-electron chi connectivity index (χ3n) is 1.92. The van der Waals surface area contributed by atoms with Crippen LogP contribution in [0.4, 0.5) is 0 Å². The maximum Gasteiger partial charge on any atom is 0.266 e. The van der Waals surface area contributed by atoms with Crippen molar-refractivity contribution >= 4 is 31.9 Å². The van der Waals surface area contributed by atoms with Crippen LogP contribution in [0.1, 0.15) is 6.42 Å². The molecule has 1 rings (SSSR count). The summed E-state index contributed by atoms with van der Waals surface area (Å²) in [6.07, 6.45) is 5.86. The number of nitro groups is 1. The van der Waals surface area contributed by atoms with Crippen LogP contribution >= 0.6 is 31.9 Å². The van der Waals surface area contributed by atoms with Gasteiger partial charge in [0.15, 0.2) is 0 Å². The third kappa shape index (κ3) is 2.78. The molecule has 0 saturated heterocycles. The fourth-order valence-corrected chi connectivity index (χ4v) is 2.29. The van der Waals surface area contributed by atoms with E-state index in [1.165, 1.54) is 0 Å². The molecular formula is C9H9Br2NO2. The van der Waals surface area contributed by atoms with Gasteiger partial charge in [0.05, 0.1) is 4.92 Å². The zero-order chi connectivity index (χ0) is 10.6. The van der Waals surface area contributed by atoms with Gasteiger partial charge in [-0.25, -0.2) is 0 Å². The largest absolute Gasteiger partial charge is 0.266 e. The molecule has 0 aliphatic heterocycles. The van der Waals surface area contributed by atoms with Gasteiger partial charge in [0.1, 0.15) is 0 Å².